The lowest BCUT2D eigenvalue weighted by atomic mass is 10.1. The van der Waals surface area contributed by atoms with Crippen LogP contribution in [0.25, 0.3) is 0 Å². The van der Waals surface area contributed by atoms with Gasteiger partial charge < -0.3 is 43.6 Å². The molecule has 0 aliphatic rings. The molecule has 13 heteroatoms. The Bertz CT molecular complexity index is 572. The molecule has 0 aromatic heterocycles. The minimum Gasteiger partial charge on any atom is -0.480 e. The number of hydrogen-bond donors (Lipinski definition) is 8. The summed E-state index contributed by atoms with van der Waals surface area (Å²) in [5, 5.41) is 17.8. The van der Waals surface area contributed by atoms with Crippen LogP contribution in [0, 0.1) is 0 Å². The Morgan fingerprint density at radius 3 is 1.90 bits per heavy atom. The molecule has 0 fully saturated rings. The highest BCUT2D eigenvalue weighted by molar-refractivity contribution is 5.92. The van der Waals surface area contributed by atoms with Crippen molar-refractivity contribution in [3.8, 4) is 0 Å². The topological polar surface area (TPSA) is 232 Å². The summed E-state index contributed by atoms with van der Waals surface area (Å²) in [7, 11) is 0. The Kier molecular flexibility index (Phi) is 13.7. The first-order chi connectivity index (χ1) is 13.7. The Balaban J connectivity index is 4.35. The molecular formula is C16H31N7O6. The molecule has 0 unspecified atom stereocenters. The Labute approximate surface area is 168 Å². The fourth-order valence-corrected chi connectivity index (χ4v) is 2.13. The predicted molar refractivity (Wildman–Crippen MR) is 103 cm³/mol. The van der Waals surface area contributed by atoms with Crippen LogP contribution in [0.5, 0.6) is 0 Å². The van der Waals surface area contributed by atoms with Gasteiger partial charge in [-0.15, -0.1) is 0 Å². The van der Waals surface area contributed by atoms with E-state index in [2.05, 4.69) is 21.3 Å². The first-order valence-electron chi connectivity index (χ1n) is 9.20. The number of carboxylic acid groups (broad SMARTS) is 1. The summed E-state index contributed by atoms with van der Waals surface area (Å²) < 4.78 is 0. The molecule has 2 atom stereocenters. The number of carbonyl (C=O) groups excluding carboxylic acids is 4. The van der Waals surface area contributed by atoms with Crippen molar-refractivity contribution in [2.24, 2.45) is 17.2 Å². The van der Waals surface area contributed by atoms with Crippen molar-refractivity contribution in [3.63, 3.8) is 0 Å². The van der Waals surface area contributed by atoms with E-state index in [0.717, 1.165) is 0 Å². The second-order valence-electron chi connectivity index (χ2n) is 6.19. The standard InChI is InChI=1S/C16H31N7O6/c17-5-1-3-10(19)15(28)21-7-12(24)20-8-13(25)23-11(4-2-6-18)16(29)22-9-14(26)27/h10-11H,1-9,17-19H2,(H,20,24)(H,21,28)(H,22,29)(H,23,25)(H,26,27)/t10-,11-/m0/s1. The third kappa shape index (κ3) is 13.1. The smallest absolute Gasteiger partial charge is 0.322 e. The molecule has 29 heavy (non-hydrogen) atoms. The Morgan fingerprint density at radius 2 is 1.31 bits per heavy atom. The average Bonchev–Trinajstić information content (AvgIpc) is 2.69. The minimum absolute atomic E-state index is 0.207. The lowest BCUT2D eigenvalue weighted by Gasteiger charge is -2.18. The van der Waals surface area contributed by atoms with E-state index < -0.39 is 54.8 Å². The van der Waals surface area contributed by atoms with Crippen molar-refractivity contribution in [1.82, 2.24) is 21.3 Å². The monoisotopic (exact) mass is 417 g/mol. The van der Waals surface area contributed by atoms with Crippen molar-refractivity contribution >= 4 is 29.6 Å². The molecule has 4 amide bonds. The maximum Gasteiger partial charge on any atom is 0.322 e. The Morgan fingerprint density at radius 1 is 0.759 bits per heavy atom. The molecule has 0 aliphatic carbocycles. The lowest BCUT2D eigenvalue weighted by molar-refractivity contribution is -0.138. The molecule has 0 aromatic rings. The Hall–Kier alpha value is -2.77. The van der Waals surface area contributed by atoms with Crippen molar-refractivity contribution < 1.29 is 29.1 Å². The van der Waals surface area contributed by atoms with Gasteiger partial charge in [0.1, 0.15) is 12.6 Å². The molecule has 0 heterocycles. The number of rotatable bonds is 15. The predicted octanol–water partition coefficient (Wildman–Crippen LogP) is -4.29. The van der Waals surface area contributed by atoms with Crippen LogP contribution in [0.3, 0.4) is 0 Å². The summed E-state index contributed by atoms with van der Waals surface area (Å²) in [6.07, 6.45) is 1.60. The van der Waals surface area contributed by atoms with Crippen LogP contribution >= 0.6 is 0 Å². The molecule has 11 N–H and O–H groups in total. The van der Waals surface area contributed by atoms with E-state index in [1.165, 1.54) is 0 Å². The molecule has 0 radical (unpaired) electrons. The summed E-state index contributed by atoms with van der Waals surface area (Å²) in [6, 6.07) is -1.76. The number of carbonyl (C=O) groups is 5. The van der Waals surface area contributed by atoms with Gasteiger partial charge in [-0.05, 0) is 38.8 Å². The second kappa shape index (κ2) is 15.2. The average molecular weight is 417 g/mol. The van der Waals surface area contributed by atoms with Crippen LogP contribution in [-0.2, 0) is 24.0 Å². The van der Waals surface area contributed by atoms with Crippen LogP contribution in [0.15, 0.2) is 0 Å². The number of amides is 4. The van der Waals surface area contributed by atoms with Gasteiger partial charge in [-0.1, -0.05) is 0 Å². The summed E-state index contributed by atoms with van der Waals surface area (Å²) in [6.45, 7) is -0.700. The zero-order chi connectivity index (χ0) is 22.2. The van der Waals surface area contributed by atoms with E-state index in [1.807, 2.05) is 0 Å². The summed E-state index contributed by atoms with van der Waals surface area (Å²) in [4.78, 5) is 57.9. The molecule has 0 aromatic carbocycles. The third-order valence-electron chi connectivity index (χ3n) is 3.69. The van der Waals surface area contributed by atoms with Gasteiger partial charge in [0.2, 0.25) is 23.6 Å². The van der Waals surface area contributed by atoms with Crippen LogP contribution < -0.4 is 38.5 Å². The van der Waals surface area contributed by atoms with Crippen LogP contribution in [0.4, 0.5) is 0 Å². The van der Waals surface area contributed by atoms with Crippen molar-refractivity contribution in [1.29, 1.82) is 0 Å². The van der Waals surface area contributed by atoms with Gasteiger partial charge in [-0.2, -0.15) is 0 Å². The van der Waals surface area contributed by atoms with E-state index in [9.17, 15) is 24.0 Å². The van der Waals surface area contributed by atoms with Gasteiger partial charge in [0.15, 0.2) is 0 Å². The highest BCUT2D eigenvalue weighted by Crippen LogP contribution is 1.97. The summed E-state index contributed by atoms with van der Waals surface area (Å²) in [5.74, 6) is -3.67. The number of hydrogen-bond acceptors (Lipinski definition) is 8. The fraction of sp³-hybridized carbons (Fsp3) is 0.688. The molecule has 0 aliphatic heterocycles. The highest BCUT2D eigenvalue weighted by Gasteiger charge is 2.21. The number of aliphatic carboxylic acids is 1. The van der Waals surface area contributed by atoms with Crippen molar-refractivity contribution in [3.05, 3.63) is 0 Å². The van der Waals surface area contributed by atoms with Gasteiger partial charge in [0.05, 0.1) is 19.1 Å². The summed E-state index contributed by atoms with van der Waals surface area (Å²) >= 11 is 0. The van der Waals surface area contributed by atoms with Crippen LogP contribution in [0.2, 0.25) is 0 Å². The van der Waals surface area contributed by atoms with E-state index in [-0.39, 0.29) is 19.5 Å². The van der Waals surface area contributed by atoms with E-state index >= 15 is 0 Å². The minimum atomic E-state index is -1.22. The molecule has 0 bridgehead atoms. The van der Waals surface area contributed by atoms with Crippen molar-refractivity contribution in [2.45, 2.75) is 37.8 Å². The van der Waals surface area contributed by atoms with E-state index in [4.69, 9.17) is 22.3 Å². The lowest BCUT2D eigenvalue weighted by Crippen LogP contribution is -2.51. The quantitative estimate of drug-likeness (QED) is 0.129. The molecular weight excluding hydrogens is 386 g/mol. The first kappa shape index (κ1) is 26.2. The van der Waals surface area contributed by atoms with E-state index in [1.54, 1.807) is 0 Å². The molecule has 0 spiro atoms. The molecule has 0 saturated heterocycles. The first-order valence-corrected chi connectivity index (χ1v) is 9.20. The van der Waals surface area contributed by atoms with Crippen LogP contribution in [0.1, 0.15) is 25.7 Å². The number of nitrogens with one attached hydrogen (secondary N) is 4. The van der Waals surface area contributed by atoms with Gasteiger partial charge in [0.25, 0.3) is 0 Å². The summed E-state index contributed by atoms with van der Waals surface area (Å²) in [5.41, 5.74) is 16.4. The van der Waals surface area contributed by atoms with Gasteiger partial charge in [0, 0.05) is 0 Å². The van der Waals surface area contributed by atoms with Crippen molar-refractivity contribution in [2.75, 3.05) is 32.7 Å². The maximum atomic E-state index is 12.0. The van der Waals surface area contributed by atoms with Gasteiger partial charge in [-0.3, -0.25) is 24.0 Å². The second-order valence-corrected chi connectivity index (χ2v) is 6.19. The van der Waals surface area contributed by atoms with Gasteiger partial charge >= 0.3 is 5.97 Å². The highest BCUT2D eigenvalue weighted by atomic mass is 16.4. The fourth-order valence-electron chi connectivity index (χ4n) is 2.13. The third-order valence-corrected chi connectivity index (χ3v) is 3.69. The van der Waals surface area contributed by atoms with Crippen LogP contribution in [-0.4, -0.2) is 79.5 Å². The molecule has 0 rings (SSSR count). The zero-order valence-corrected chi connectivity index (χ0v) is 16.2. The zero-order valence-electron chi connectivity index (χ0n) is 16.2. The maximum absolute atomic E-state index is 12.0. The molecule has 13 nitrogen and oxygen atoms in total. The largest absolute Gasteiger partial charge is 0.480 e. The van der Waals surface area contributed by atoms with E-state index in [0.29, 0.717) is 25.8 Å². The number of carboxylic acids is 1. The normalized spacial score (nSPS) is 12.4. The number of nitrogens with two attached hydrogens (primary N) is 3. The SMILES string of the molecule is NCCC[C@H](NC(=O)CNC(=O)CNC(=O)[C@@H](N)CCCN)C(=O)NCC(=O)O. The molecule has 0 saturated carbocycles. The van der Waals surface area contributed by atoms with Gasteiger partial charge in [-0.25, -0.2) is 0 Å². The molecule has 166 valence electrons.